The number of carboxylic acid groups (broad SMARTS) is 1. The third kappa shape index (κ3) is 9.37. The Kier molecular flexibility index (Phi) is 11.4. The van der Waals surface area contributed by atoms with Gasteiger partial charge in [-0.05, 0) is 49.1 Å². The first-order valence-electron chi connectivity index (χ1n) is 13.3. The SMILES string of the molecule is CCOC(=O)CCc1nc(-c2ccc(S(=O)(=O)N(CC(C)C)C[C@@H](O)[C@H](Cc3ccccc3)NC(=O)O)cc2)no1. The summed E-state index contributed by atoms with van der Waals surface area (Å²) in [7, 11) is -4.06. The molecule has 2 aromatic carbocycles. The van der Waals surface area contributed by atoms with Crippen LogP contribution in [0.25, 0.3) is 11.4 Å². The number of hydrogen-bond acceptors (Lipinski definition) is 9. The number of aromatic nitrogens is 2. The number of esters is 1. The highest BCUT2D eigenvalue weighted by molar-refractivity contribution is 7.89. The highest BCUT2D eigenvalue weighted by Gasteiger charge is 2.31. The molecular weight excluding hydrogens is 552 g/mol. The average Bonchev–Trinajstić information content (AvgIpc) is 3.41. The van der Waals surface area contributed by atoms with E-state index < -0.39 is 28.3 Å². The van der Waals surface area contributed by atoms with Gasteiger partial charge in [-0.15, -0.1) is 0 Å². The van der Waals surface area contributed by atoms with Crippen molar-refractivity contribution in [2.45, 2.75) is 57.1 Å². The van der Waals surface area contributed by atoms with E-state index in [4.69, 9.17) is 9.26 Å². The molecule has 0 spiro atoms. The van der Waals surface area contributed by atoms with Gasteiger partial charge < -0.3 is 24.8 Å². The summed E-state index contributed by atoms with van der Waals surface area (Å²) in [5.41, 5.74) is 1.31. The lowest BCUT2D eigenvalue weighted by Crippen LogP contribution is -2.50. The Hall–Kier alpha value is -3.81. The number of nitrogens with one attached hydrogen (secondary N) is 1. The van der Waals surface area contributed by atoms with Crippen LogP contribution in [-0.4, -0.2) is 77.0 Å². The maximum absolute atomic E-state index is 13.6. The molecule has 0 saturated heterocycles. The van der Waals surface area contributed by atoms with Crippen LogP contribution >= 0.6 is 0 Å². The Morgan fingerprint density at radius 2 is 1.76 bits per heavy atom. The van der Waals surface area contributed by atoms with Gasteiger partial charge in [0.2, 0.25) is 21.7 Å². The molecular formula is C28H36N4O8S. The van der Waals surface area contributed by atoms with Crippen LogP contribution in [0.2, 0.25) is 0 Å². The number of aliphatic hydroxyl groups is 1. The van der Waals surface area contributed by atoms with E-state index in [1.807, 2.05) is 19.9 Å². The van der Waals surface area contributed by atoms with Gasteiger partial charge in [0.25, 0.3) is 0 Å². The standard InChI is InChI=1S/C28H36N4O8S/c1-4-39-26(34)15-14-25-30-27(31-40-25)21-10-12-22(13-11-21)41(37,38)32(17-19(2)3)18-24(33)23(29-28(35)36)16-20-8-6-5-7-9-20/h5-13,19,23-24,29,33H,4,14-18H2,1-3H3,(H,35,36)/t23-,24+/m0/s1. The summed E-state index contributed by atoms with van der Waals surface area (Å²) in [6.07, 6.45) is -2.13. The van der Waals surface area contributed by atoms with E-state index in [1.165, 1.54) is 16.4 Å². The van der Waals surface area contributed by atoms with Crippen molar-refractivity contribution < 1.29 is 37.5 Å². The molecule has 0 fully saturated rings. The first-order valence-corrected chi connectivity index (χ1v) is 14.7. The van der Waals surface area contributed by atoms with Crippen molar-refractivity contribution in [2.24, 2.45) is 5.92 Å². The molecule has 2 atom stereocenters. The summed E-state index contributed by atoms with van der Waals surface area (Å²) in [4.78, 5) is 27.3. The molecule has 0 aliphatic carbocycles. The minimum Gasteiger partial charge on any atom is -0.466 e. The van der Waals surface area contributed by atoms with Crippen molar-refractivity contribution in [3.8, 4) is 11.4 Å². The van der Waals surface area contributed by atoms with Gasteiger partial charge in [-0.2, -0.15) is 9.29 Å². The number of carbonyl (C=O) groups excluding carboxylic acids is 1. The lowest BCUT2D eigenvalue weighted by molar-refractivity contribution is -0.143. The third-order valence-corrected chi connectivity index (χ3v) is 7.94. The zero-order valence-corrected chi connectivity index (χ0v) is 24.1. The minimum atomic E-state index is -4.06. The number of benzene rings is 2. The molecule has 3 rings (SSSR count). The zero-order valence-electron chi connectivity index (χ0n) is 23.3. The number of sulfonamides is 1. The zero-order chi connectivity index (χ0) is 30.0. The van der Waals surface area contributed by atoms with Crippen LogP contribution < -0.4 is 5.32 Å². The second-order valence-electron chi connectivity index (χ2n) is 9.87. The number of aliphatic hydroxyl groups excluding tert-OH is 1. The van der Waals surface area contributed by atoms with Crippen LogP contribution in [0.1, 0.15) is 38.6 Å². The molecule has 13 heteroatoms. The maximum atomic E-state index is 13.6. The van der Waals surface area contributed by atoms with E-state index in [2.05, 4.69) is 15.5 Å². The highest BCUT2D eigenvalue weighted by atomic mass is 32.2. The molecule has 222 valence electrons. The first-order chi connectivity index (χ1) is 19.5. The number of hydrogen-bond donors (Lipinski definition) is 3. The predicted octanol–water partition coefficient (Wildman–Crippen LogP) is 3.12. The molecule has 12 nitrogen and oxygen atoms in total. The summed E-state index contributed by atoms with van der Waals surface area (Å²) in [5.74, 6) is 0.0549. The molecule has 0 aliphatic heterocycles. The monoisotopic (exact) mass is 588 g/mol. The fraction of sp³-hybridized carbons (Fsp3) is 0.429. The summed E-state index contributed by atoms with van der Waals surface area (Å²) in [6.45, 7) is 5.51. The average molecular weight is 589 g/mol. The molecule has 0 bridgehead atoms. The van der Waals surface area contributed by atoms with Gasteiger partial charge in [-0.3, -0.25) is 4.79 Å². The van der Waals surface area contributed by atoms with Gasteiger partial charge in [0.05, 0.1) is 30.1 Å². The Bertz CT molecular complexity index is 1380. The van der Waals surface area contributed by atoms with Crippen LogP contribution in [0.5, 0.6) is 0 Å². The number of aryl methyl sites for hydroxylation is 1. The lowest BCUT2D eigenvalue weighted by Gasteiger charge is -2.30. The van der Waals surface area contributed by atoms with Crippen molar-refractivity contribution in [2.75, 3.05) is 19.7 Å². The smallest absolute Gasteiger partial charge is 0.404 e. The van der Waals surface area contributed by atoms with Crippen molar-refractivity contribution in [3.63, 3.8) is 0 Å². The van der Waals surface area contributed by atoms with Gasteiger partial charge >= 0.3 is 12.1 Å². The number of nitrogens with zero attached hydrogens (tertiary/aromatic N) is 3. The topological polar surface area (TPSA) is 172 Å². The van der Waals surface area contributed by atoms with E-state index in [0.29, 0.717) is 5.56 Å². The molecule has 1 amide bonds. The fourth-order valence-corrected chi connectivity index (χ4v) is 5.79. The largest absolute Gasteiger partial charge is 0.466 e. The molecule has 1 aromatic heterocycles. The Labute approximate surface area is 239 Å². The molecule has 0 radical (unpaired) electrons. The number of amides is 1. The third-order valence-electron chi connectivity index (χ3n) is 6.10. The normalized spacial score (nSPS) is 13.2. The fourth-order valence-electron chi connectivity index (χ4n) is 4.16. The van der Waals surface area contributed by atoms with E-state index >= 15 is 0 Å². The Balaban J connectivity index is 1.76. The van der Waals surface area contributed by atoms with Crippen LogP contribution in [0.15, 0.2) is 64.0 Å². The second kappa shape index (κ2) is 14.7. The van der Waals surface area contributed by atoms with Gasteiger partial charge in [-0.25, -0.2) is 13.2 Å². The number of carbonyl (C=O) groups is 2. The summed E-state index contributed by atoms with van der Waals surface area (Å²) in [6, 6.07) is 14.0. The maximum Gasteiger partial charge on any atom is 0.404 e. The molecule has 0 aliphatic rings. The number of rotatable bonds is 15. The minimum absolute atomic E-state index is 0.00840. The van der Waals surface area contributed by atoms with Crippen molar-refractivity contribution in [3.05, 3.63) is 66.1 Å². The Morgan fingerprint density at radius 3 is 2.37 bits per heavy atom. The lowest BCUT2D eigenvalue weighted by atomic mass is 10.0. The van der Waals surface area contributed by atoms with Crippen molar-refractivity contribution in [1.82, 2.24) is 19.8 Å². The summed E-state index contributed by atoms with van der Waals surface area (Å²) >= 11 is 0. The van der Waals surface area contributed by atoms with Gasteiger partial charge in [0, 0.05) is 25.1 Å². The molecule has 41 heavy (non-hydrogen) atoms. The predicted molar refractivity (Wildman–Crippen MR) is 149 cm³/mol. The van der Waals surface area contributed by atoms with Crippen molar-refractivity contribution >= 4 is 22.1 Å². The van der Waals surface area contributed by atoms with Gasteiger partial charge in [0.15, 0.2) is 0 Å². The van der Waals surface area contributed by atoms with Crippen LogP contribution in [-0.2, 0) is 32.4 Å². The first kappa shape index (κ1) is 31.7. The van der Waals surface area contributed by atoms with E-state index in [1.54, 1.807) is 43.3 Å². The van der Waals surface area contributed by atoms with Gasteiger partial charge in [0.1, 0.15) is 0 Å². The Morgan fingerprint density at radius 1 is 1.07 bits per heavy atom. The van der Waals surface area contributed by atoms with E-state index in [9.17, 15) is 28.2 Å². The quantitative estimate of drug-likeness (QED) is 0.224. The van der Waals surface area contributed by atoms with E-state index in [0.717, 1.165) is 5.56 Å². The van der Waals surface area contributed by atoms with Gasteiger partial charge in [-0.1, -0.05) is 49.3 Å². The molecule has 3 aromatic rings. The molecule has 3 N–H and O–H groups in total. The summed E-state index contributed by atoms with van der Waals surface area (Å²) in [5, 5.41) is 26.6. The van der Waals surface area contributed by atoms with Crippen molar-refractivity contribution in [1.29, 1.82) is 0 Å². The van der Waals surface area contributed by atoms with Crippen LogP contribution in [0.4, 0.5) is 4.79 Å². The molecule has 0 saturated carbocycles. The molecule has 0 unspecified atom stereocenters. The summed E-state index contributed by atoms with van der Waals surface area (Å²) < 4.78 is 38.5. The second-order valence-corrected chi connectivity index (χ2v) is 11.8. The molecule has 1 heterocycles. The van der Waals surface area contributed by atoms with Crippen LogP contribution in [0, 0.1) is 5.92 Å². The van der Waals surface area contributed by atoms with E-state index in [-0.39, 0.29) is 67.5 Å². The highest BCUT2D eigenvalue weighted by Crippen LogP contribution is 2.23. The van der Waals surface area contributed by atoms with Crippen LogP contribution in [0.3, 0.4) is 0 Å². The number of ether oxygens (including phenoxy) is 1.